The predicted octanol–water partition coefficient (Wildman–Crippen LogP) is 1.82. The summed E-state index contributed by atoms with van der Waals surface area (Å²) in [6.07, 6.45) is -0.232. The van der Waals surface area contributed by atoms with Crippen molar-refractivity contribution < 1.29 is 37.1 Å². The van der Waals surface area contributed by atoms with Crippen LogP contribution in [0, 0.1) is 12.8 Å². The number of hydrogen-bond acceptors (Lipinski definition) is 7. The molecule has 3 aliphatic rings. The largest absolute Gasteiger partial charge is 0.490 e. The van der Waals surface area contributed by atoms with Crippen LogP contribution >= 0.6 is 0 Å². The maximum absolute atomic E-state index is 10.6. The van der Waals surface area contributed by atoms with Crippen molar-refractivity contribution in [2.75, 3.05) is 26.3 Å². The van der Waals surface area contributed by atoms with Gasteiger partial charge in [0.25, 0.3) is 0 Å². The van der Waals surface area contributed by atoms with E-state index < -0.39 is 12.1 Å². The van der Waals surface area contributed by atoms with Gasteiger partial charge in [-0.1, -0.05) is 5.16 Å². The molecule has 0 radical (unpaired) electrons. The van der Waals surface area contributed by atoms with Gasteiger partial charge in [0.1, 0.15) is 0 Å². The Morgan fingerprint density at radius 2 is 1.96 bits per heavy atom. The van der Waals surface area contributed by atoms with Gasteiger partial charge in [0.15, 0.2) is 5.82 Å². The average Bonchev–Trinajstić information content (AvgIpc) is 3.30. The summed E-state index contributed by atoms with van der Waals surface area (Å²) in [5.74, 6) is -0.679. The highest BCUT2D eigenvalue weighted by Crippen LogP contribution is 2.36. The van der Waals surface area contributed by atoms with E-state index in [4.69, 9.17) is 23.9 Å². The number of fused-ring (bicyclic) bond motifs is 1. The van der Waals surface area contributed by atoms with E-state index in [-0.39, 0.29) is 6.10 Å². The average molecular weight is 407 g/mol. The number of aromatic nitrogens is 2. The minimum Gasteiger partial charge on any atom is -0.475 e. The first-order valence-electron chi connectivity index (χ1n) is 9.29. The molecule has 8 nitrogen and oxygen atoms in total. The van der Waals surface area contributed by atoms with E-state index in [0.717, 1.165) is 32.6 Å². The summed E-state index contributed by atoms with van der Waals surface area (Å²) in [4.78, 5) is 15.8. The molecule has 1 aromatic rings. The fourth-order valence-corrected chi connectivity index (χ4v) is 3.99. The van der Waals surface area contributed by atoms with Gasteiger partial charge in [0.2, 0.25) is 5.89 Å². The van der Waals surface area contributed by atoms with Crippen molar-refractivity contribution in [1.82, 2.24) is 15.0 Å². The van der Waals surface area contributed by atoms with Crippen LogP contribution in [0.2, 0.25) is 0 Å². The lowest BCUT2D eigenvalue weighted by atomic mass is 10.0. The Hall–Kier alpha value is -1.72. The van der Waals surface area contributed by atoms with Crippen LogP contribution in [-0.4, -0.2) is 76.8 Å². The highest BCUT2D eigenvalue weighted by Gasteiger charge is 2.44. The SMILES string of the molecule is Cc1noc(C[C@H]2C[C@H]3CN(C4CCOCC4)C[C@H]3O2)n1.O=C(O)C(F)(F)F. The summed E-state index contributed by atoms with van der Waals surface area (Å²) in [6, 6.07) is 0.699. The number of ether oxygens (including phenoxy) is 2. The fraction of sp³-hybridized carbons (Fsp3) is 0.824. The number of alkyl halides is 3. The second kappa shape index (κ2) is 8.75. The molecule has 3 fully saturated rings. The zero-order valence-electron chi connectivity index (χ0n) is 15.5. The zero-order valence-corrected chi connectivity index (χ0v) is 15.5. The number of aliphatic carboxylic acids is 1. The molecule has 3 saturated heterocycles. The highest BCUT2D eigenvalue weighted by atomic mass is 19.4. The van der Waals surface area contributed by atoms with Gasteiger partial charge in [-0.15, -0.1) is 0 Å². The number of likely N-dealkylation sites (tertiary alicyclic amines) is 1. The van der Waals surface area contributed by atoms with Crippen LogP contribution in [0.5, 0.6) is 0 Å². The lowest BCUT2D eigenvalue weighted by molar-refractivity contribution is -0.192. The van der Waals surface area contributed by atoms with Gasteiger partial charge in [-0.25, -0.2) is 4.79 Å². The summed E-state index contributed by atoms with van der Waals surface area (Å²) >= 11 is 0. The number of carboxylic acids is 1. The van der Waals surface area contributed by atoms with Crippen LogP contribution in [0.25, 0.3) is 0 Å². The molecule has 0 saturated carbocycles. The molecular formula is C17H24F3N3O5. The van der Waals surface area contributed by atoms with Crippen molar-refractivity contribution in [2.45, 2.75) is 57.0 Å². The Morgan fingerprint density at radius 3 is 2.50 bits per heavy atom. The molecule has 3 aliphatic heterocycles. The first-order valence-corrected chi connectivity index (χ1v) is 9.29. The minimum absolute atomic E-state index is 0.247. The van der Waals surface area contributed by atoms with Gasteiger partial charge in [-0.2, -0.15) is 18.2 Å². The first kappa shape index (κ1) is 21.0. The van der Waals surface area contributed by atoms with E-state index in [1.54, 1.807) is 0 Å². The summed E-state index contributed by atoms with van der Waals surface area (Å²) in [7, 11) is 0. The first-order chi connectivity index (χ1) is 13.2. The molecule has 4 rings (SSSR count). The van der Waals surface area contributed by atoms with Crippen molar-refractivity contribution in [1.29, 1.82) is 0 Å². The number of rotatable bonds is 3. The normalized spacial score (nSPS) is 28.6. The van der Waals surface area contributed by atoms with Crippen molar-refractivity contribution in [3.8, 4) is 0 Å². The fourth-order valence-electron chi connectivity index (χ4n) is 3.99. The topological polar surface area (TPSA) is 97.9 Å². The van der Waals surface area contributed by atoms with E-state index in [9.17, 15) is 13.2 Å². The number of aryl methyl sites for hydroxylation is 1. The number of carbonyl (C=O) groups is 1. The number of halogens is 3. The summed E-state index contributed by atoms with van der Waals surface area (Å²) in [5.41, 5.74) is 0. The molecule has 158 valence electrons. The molecule has 0 unspecified atom stereocenters. The van der Waals surface area contributed by atoms with Gasteiger partial charge in [0, 0.05) is 38.3 Å². The Labute approximate surface area is 160 Å². The smallest absolute Gasteiger partial charge is 0.475 e. The minimum atomic E-state index is -5.08. The summed E-state index contributed by atoms with van der Waals surface area (Å²) < 4.78 is 48.6. The van der Waals surface area contributed by atoms with Crippen LogP contribution in [0.1, 0.15) is 31.0 Å². The monoisotopic (exact) mass is 407 g/mol. The third-order valence-electron chi connectivity index (χ3n) is 5.26. The van der Waals surface area contributed by atoms with Crippen LogP contribution in [0.15, 0.2) is 4.52 Å². The number of hydrogen-bond donors (Lipinski definition) is 1. The molecule has 11 heteroatoms. The van der Waals surface area contributed by atoms with Crippen LogP contribution in [0.3, 0.4) is 0 Å². The van der Waals surface area contributed by atoms with Crippen LogP contribution < -0.4 is 0 Å². The van der Waals surface area contributed by atoms with Gasteiger partial charge in [0.05, 0.1) is 18.6 Å². The molecule has 0 bridgehead atoms. The van der Waals surface area contributed by atoms with Gasteiger partial charge < -0.3 is 19.1 Å². The van der Waals surface area contributed by atoms with Crippen LogP contribution in [-0.2, 0) is 20.7 Å². The van der Waals surface area contributed by atoms with Gasteiger partial charge in [-0.05, 0) is 26.2 Å². The molecule has 0 amide bonds. The molecular weight excluding hydrogens is 383 g/mol. The summed E-state index contributed by atoms with van der Waals surface area (Å²) in [6.45, 7) is 5.93. The van der Waals surface area contributed by atoms with E-state index in [1.165, 1.54) is 19.4 Å². The van der Waals surface area contributed by atoms with Gasteiger partial charge in [-0.3, -0.25) is 4.90 Å². The van der Waals surface area contributed by atoms with Crippen molar-refractivity contribution >= 4 is 5.97 Å². The maximum Gasteiger partial charge on any atom is 0.490 e. The third kappa shape index (κ3) is 5.42. The third-order valence-corrected chi connectivity index (χ3v) is 5.26. The van der Waals surface area contributed by atoms with Crippen LogP contribution in [0.4, 0.5) is 13.2 Å². The Balaban J connectivity index is 0.000000279. The predicted molar refractivity (Wildman–Crippen MR) is 88.6 cm³/mol. The zero-order chi connectivity index (χ0) is 20.3. The molecule has 28 heavy (non-hydrogen) atoms. The number of nitrogens with zero attached hydrogens (tertiary/aromatic N) is 3. The molecule has 1 aromatic heterocycles. The van der Waals surface area contributed by atoms with Gasteiger partial charge >= 0.3 is 12.1 Å². The Morgan fingerprint density at radius 1 is 1.29 bits per heavy atom. The molecule has 0 spiro atoms. The van der Waals surface area contributed by atoms with Crippen molar-refractivity contribution in [3.63, 3.8) is 0 Å². The molecule has 0 aliphatic carbocycles. The summed E-state index contributed by atoms with van der Waals surface area (Å²) in [5, 5.41) is 11.0. The Kier molecular flexibility index (Phi) is 6.56. The Bertz CT molecular complexity index is 649. The molecule has 3 atom stereocenters. The standard InChI is InChI=1S/C15H23N3O3.C2HF3O2/c1-10-16-15(21-17-10)7-13-6-11-8-18(9-14(11)20-13)12-2-4-19-5-3-12;3-2(4,5)1(6)7/h11-14H,2-9H2,1H3;(H,6,7)/t11-,13+,14+;/m0./s1. The molecule has 1 N–H and O–H groups in total. The number of carboxylic acid groups (broad SMARTS) is 1. The second-order valence-corrected chi connectivity index (χ2v) is 7.33. The maximum atomic E-state index is 10.6. The lowest BCUT2D eigenvalue weighted by Crippen LogP contribution is -2.39. The molecule has 0 aromatic carbocycles. The lowest BCUT2D eigenvalue weighted by Gasteiger charge is -2.31. The van der Waals surface area contributed by atoms with E-state index in [2.05, 4.69) is 15.0 Å². The van der Waals surface area contributed by atoms with E-state index >= 15 is 0 Å². The second-order valence-electron chi connectivity index (χ2n) is 7.33. The highest BCUT2D eigenvalue weighted by molar-refractivity contribution is 5.73. The van der Waals surface area contributed by atoms with E-state index in [0.29, 0.717) is 29.8 Å². The molecule has 4 heterocycles. The van der Waals surface area contributed by atoms with Crippen molar-refractivity contribution in [3.05, 3.63) is 11.7 Å². The van der Waals surface area contributed by atoms with E-state index in [1.807, 2.05) is 6.92 Å². The van der Waals surface area contributed by atoms with Crippen molar-refractivity contribution in [2.24, 2.45) is 5.92 Å². The quantitative estimate of drug-likeness (QED) is 0.810.